The summed E-state index contributed by atoms with van der Waals surface area (Å²) in [6, 6.07) is 8.35. The van der Waals surface area contributed by atoms with Crippen LogP contribution in [0.4, 0.5) is 0 Å². The Bertz CT molecular complexity index is 449. The van der Waals surface area contributed by atoms with Gasteiger partial charge in [0, 0.05) is 28.9 Å². The van der Waals surface area contributed by atoms with Gasteiger partial charge in [0.15, 0.2) is 0 Å². The van der Waals surface area contributed by atoms with Gasteiger partial charge in [-0.2, -0.15) is 0 Å². The van der Waals surface area contributed by atoms with Crippen molar-refractivity contribution >= 4 is 34.2 Å². The summed E-state index contributed by atoms with van der Waals surface area (Å²) < 4.78 is 1.09. The standard InChI is InChI=1S/C14H19BrN2O.ClH/c1-10(8-16)13(18)17-9-14(5-6-14)11-3-2-4-12(15)7-11;/h2-4,7,10H,5-6,8-9,16H2,1H3,(H,17,18);1H. The van der Waals surface area contributed by atoms with E-state index in [0.717, 1.165) is 17.3 Å². The van der Waals surface area contributed by atoms with E-state index in [2.05, 4.69) is 33.4 Å². The molecule has 1 aliphatic carbocycles. The number of nitrogens with two attached hydrogens (primary N) is 1. The van der Waals surface area contributed by atoms with Crippen LogP contribution >= 0.6 is 28.3 Å². The van der Waals surface area contributed by atoms with E-state index in [9.17, 15) is 4.79 Å². The third kappa shape index (κ3) is 3.94. The summed E-state index contributed by atoms with van der Waals surface area (Å²) in [5.41, 5.74) is 6.94. The quantitative estimate of drug-likeness (QED) is 0.860. The molecule has 0 bridgehead atoms. The van der Waals surface area contributed by atoms with E-state index in [1.54, 1.807) is 0 Å². The molecule has 1 fully saturated rings. The average Bonchev–Trinajstić information content (AvgIpc) is 3.16. The van der Waals surface area contributed by atoms with E-state index < -0.39 is 0 Å². The predicted molar refractivity (Wildman–Crippen MR) is 83.5 cm³/mol. The Morgan fingerprint density at radius 2 is 2.21 bits per heavy atom. The van der Waals surface area contributed by atoms with E-state index in [1.807, 2.05) is 19.1 Å². The topological polar surface area (TPSA) is 55.1 Å². The highest BCUT2D eigenvalue weighted by Crippen LogP contribution is 2.48. The molecule has 1 aromatic carbocycles. The number of hydrogen-bond acceptors (Lipinski definition) is 2. The smallest absolute Gasteiger partial charge is 0.224 e. The van der Waals surface area contributed by atoms with E-state index >= 15 is 0 Å². The normalized spacial score (nSPS) is 17.2. The molecule has 0 heterocycles. The molecule has 1 saturated carbocycles. The van der Waals surface area contributed by atoms with E-state index in [4.69, 9.17) is 5.73 Å². The fourth-order valence-electron chi connectivity index (χ4n) is 2.07. The lowest BCUT2D eigenvalue weighted by molar-refractivity contribution is -0.124. The number of carbonyl (C=O) groups excluding carboxylic acids is 1. The highest BCUT2D eigenvalue weighted by molar-refractivity contribution is 9.10. The molecule has 2 rings (SSSR count). The maximum atomic E-state index is 11.7. The van der Waals surface area contributed by atoms with Crippen LogP contribution in [0.3, 0.4) is 0 Å². The van der Waals surface area contributed by atoms with Gasteiger partial charge in [0.2, 0.25) is 5.91 Å². The van der Waals surface area contributed by atoms with Crippen LogP contribution in [0.25, 0.3) is 0 Å². The number of amides is 1. The van der Waals surface area contributed by atoms with Crippen molar-refractivity contribution < 1.29 is 4.79 Å². The number of benzene rings is 1. The van der Waals surface area contributed by atoms with Crippen molar-refractivity contribution in [2.24, 2.45) is 11.7 Å². The van der Waals surface area contributed by atoms with Crippen LogP contribution < -0.4 is 11.1 Å². The van der Waals surface area contributed by atoms with Crippen LogP contribution in [0.5, 0.6) is 0 Å². The molecule has 0 spiro atoms. The van der Waals surface area contributed by atoms with Crippen LogP contribution in [-0.2, 0) is 10.2 Å². The van der Waals surface area contributed by atoms with Crippen LogP contribution in [0, 0.1) is 5.92 Å². The van der Waals surface area contributed by atoms with Crippen molar-refractivity contribution in [3.05, 3.63) is 34.3 Å². The van der Waals surface area contributed by atoms with Crippen LogP contribution in [0.15, 0.2) is 28.7 Å². The Labute approximate surface area is 128 Å². The SMILES string of the molecule is CC(CN)C(=O)NCC1(c2cccc(Br)c2)CC1.Cl. The van der Waals surface area contributed by atoms with Gasteiger partial charge in [-0.1, -0.05) is 35.0 Å². The third-order valence-corrected chi connectivity index (χ3v) is 4.19. The molecule has 19 heavy (non-hydrogen) atoms. The summed E-state index contributed by atoms with van der Waals surface area (Å²) in [6.45, 7) is 2.97. The molecule has 0 radical (unpaired) electrons. The Kier molecular flexibility index (Phi) is 5.83. The lowest BCUT2D eigenvalue weighted by Gasteiger charge is -2.18. The lowest BCUT2D eigenvalue weighted by Crippen LogP contribution is -2.38. The molecule has 3 nitrogen and oxygen atoms in total. The fourth-order valence-corrected chi connectivity index (χ4v) is 2.47. The van der Waals surface area contributed by atoms with Gasteiger partial charge in [-0.25, -0.2) is 0 Å². The zero-order valence-corrected chi connectivity index (χ0v) is 13.4. The zero-order chi connectivity index (χ0) is 13.2. The monoisotopic (exact) mass is 346 g/mol. The van der Waals surface area contributed by atoms with Gasteiger partial charge >= 0.3 is 0 Å². The first kappa shape index (κ1) is 16.5. The van der Waals surface area contributed by atoms with E-state index in [1.165, 1.54) is 5.56 Å². The average molecular weight is 348 g/mol. The Hall–Kier alpha value is -0.580. The number of halogens is 2. The fraction of sp³-hybridized carbons (Fsp3) is 0.500. The van der Waals surface area contributed by atoms with E-state index in [-0.39, 0.29) is 29.6 Å². The minimum Gasteiger partial charge on any atom is -0.355 e. The van der Waals surface area contributed by atoms with Gasteiger partial charge in [-0.15, -0.1) is 12.4 Å². The van der Waals surface area contributed by atoms with Crippen molar-refractivity contribution in [2.45, 2.75) is 25.2 Å². The largest absolute Gasteiger partial charge is 0.355 e. The summed E-state index contributed by atoms with van der Waals surface area (Å²) in [7, 11) is 0. The number of carbonyl (C=O) groups is 1. The molecule has 1 aliphatic rings. The first-order chi connectivity index (χ1) is 8.57. The van der Waals surface area contributed by atoms with Gasteiger partial charge in [-0.3, -0.25) is 4.79 Å². The molecule has 106 valence electrons. The Morgan fingerprint density at radius 3 is 2.74 bits per heavy atom. The Balaban J connectivity index is 0.00000180. The molecular weight excluding hydrogens is 328 g/mol. The van der Waals surface area contributed by atoms with Crippen LogP contribution in [-0.4, -0.2) is 19.0 Å². The second-order valence-corrected chi connectivity index (χ2v) is 6.06. The molecule has 0 aliphatic heterocycles. The predicted octanol–water partition coefficient (Wildman–Crippen LogP) is 2.61. The molecule has 3 N–H and O–H groups in total. The maximum Gasteiger partial charge on any atom is 0.224 e. The highest BCUT2D eigenvalue weighted by atomic mass is 79.9. The molecule has 1 amide bonds. The van der Waals surface area contributed by atoms with Crippen molar-refractivity contribution in [1.29, 1.82) is 0 Å². The Morgan fingerprint density at radius 1 is 1.53 bits per heavy atom. The molecular formula is C14H20BrClN2O. The summed E-state index contributed by atoms with van der Waals surface area (Å²) in [4.78, 5) is 11.7. The van der Waals surface area contributed by atoms with Crippen molar-refractivity contribution in [2.75, 3.05) is 13.1 Å². The van der Waals surface area contributed by atoms with Gasteiger partial charge in [0.25, 0.3) is 0 Å². The second-order valence-electron chi connectivity index (χ2n) is 5.15. The van der Waals surface area contributed by atoms with E-state index in [0.29, 0.717) is 13.1 Å². The second kappa shape index (κ2) is 6.73. The third-order valence-electron chi connectivity index (χ3n) is 3.69. The van der Waals surface area contributed by atoms with Gasteiger partial charge in [0.05, 0.1) is 0 Å². The molecule has 5 heteroatoms. The summed E-state index contributed by atoms with van der Waals surface area (Å²) in [6.07, 6.45) is 2.28. The highest BCUT2D eigenvalue weighted by Gasteiger charge is 2.44. The number of nitrogens with one attached hydrogen (secondary N) is 1. The molecule has 1 unspecified atom stereocenters. The first-order valence-corrected chi connectivity index (χ1v) is 7.10. The minimum absolute atomic E-state index is 0. The summed E-state index contributed by atoms with van der Waals surface area (Å²) in [5.74, 6) is -0.0536. The number of hydrogen-bond donors (Lipinski definition) is 2. The molecule has 1 atom stereocenters. The number of rotatable bonds is 5. The van der Waals surface area contributed by atoms with Crippen molar-refractivity contribution in [3.8, 4) is 0 Å². The zero-order valence-electron chi connectivity index (χ0n) is 11.0. The molecule has 0 saturated heterocycles. The van der Waals surface area contributed by atoms with Gasteiger partial charge < -0.3 is 11.1 Å². The van der Waals surface area contributed by atoms with Crippen molar-refractivity contribution in [1.82, 2.24) is 5.32 Å². The summed E-state index contributed by atoms with van der Waals surface area (Å²) >= 11 is 3.49. The maximum absolute atomic E-state index is 11.7. The van der Waals surface area contributed by atoms with Crippen LogP contribution in [0.2, 0.25) is 0 Å². The van der Waals surface area contributed by atoms with Crippen molar-refractivity contribution in [3.63, 3.8) is 0 Å². The first-order valence-electron chi connectivity index (χ1n) is 6.31. The van der Waals surface area contributed by atoms with Gasteiger partial charge in [-0.05, 0) is 30.5 Å². The minimum atomic E-state index is -0.108. The van der Waals surface area contributed by atoms with Crippen LogP contribution in [0.1, 0.15) is 25.3 Å². The lowest BCUT2D eigenvalue weighted by atomic mass is 9.96. The molecule has 0 aromatic heterocycles. The summed E-state index contributed by atoms with van der Waals surface area (Å²) in [5, 5.41) is 3.02. The van der Waals surface area contributed by atoms with Gasteiger partial charge in [0.1, 0.15) is 0 Å². The molecule has 1 aromatic rings.